The van der Waals surface area contributed by atoms with Gasteiger partial charge >= 0.3 is 11.9 Å². The second kappa shape index (κ2) is 9.30. The van der Waals surface area contributed by atoms with E-state index in [1.807, 2.05) is 42.5 Å². The molecule has 5 aromatic rings. The van der Waals surface area contributed by atoms with E-state index in [9.17, 15) is 9.59 Å². The number of rotatable bonds is 6. The Balaban J connectivity index is 1.28. The third-order valence-electron chi connectivity index (χ3n) is 4.92. The Morgan fingerprint density at radius 1 is 0.559 bits per heavy atom. The molecular weight excluding hydrogens is 434 g/mol. The van der Waals surface area contributed by atoms with Gasteiger partial charge in [-0.2, -0.15) is 0 Å². The first-order valence-corrected chi connectivity index (χ1v) is 10.3. The Morgan fingerprint density at radius 2 is 1.00 bits per heavy atom. The predicted octanol–water partition coefficient (Wildman–Crippen LogP) is 6.04. The summed E-state index contributed by atoms with van der Waals surface area (Å²) in [5, 5.41) is 0. The first kappa shape index (κ1) is 21.0. The molecule has 0 saturated heterocycles. The maximum atomic E-state index is 12.0. The van der Waals surface area contributed by atoms with Crippen molar-refractivity contribution in [3.8, 4) is 34.0 Å². The fourth-order valence-corrected chi connectivity index (χ4v) is 3.25. The molecule has 166 valence electrons. The Labute approximate surface area is 194 Å². The number of esters is 2. The second-order valence-corrected chi connectivity index (χ2v) is 7.19. The van der Waals surface area contributed by atoms with Crippen LogP contribution < -0.4 is 9.47 Å². The molecule has 0 bridgehead atoms. The fraction of sp³-hybridized carbons (Fsp3) is 0. The summed E-state index contributed by atoms with van der Waals surface area (Å²) in [4.78, 5) is 28.8. The van der Waals surface area contributed by atoms with Crippen molar-refractivity contribution in [2.75, 3.05) is 0 Å². The summed E-state index contributed by atoms with van der Waals surface area (Å²) in [5.41, 5.74) is 3.25. The zero-order valence-corrected chi connectivity index (χ0v) is 17.7. The first-order chi connectivity index (χ1) is 16.7. The van der Waals surface area contributed by atoms with Crippen molar-refractivity contribution in [3.05, 3.63) is 115 Å². The number of hydrogen-bond acceptors (Lipinski definition) is 7. The van der Waals surface area contributed by atoms with Crippen LogP contribution in [0.15, 0.2) is 112 Å². The van der Waals surface area contributed by atoms with E-state index >= 15 is 0 Å². The lowest BCUT2D eigenvalue weighted by molar-refractivity contribution is 0.0692. The molecule has 3 aromatic heterocycles. The summed E-state index contributed by atoms with van der Waals surface area (Å²) < 4.78 is 20.7. The molecule has 7 heteroatoms. The highest BCUT2D eigenvalue weighted by Crippen LogP contribution is 2.26. The fourth-order valence-electron chi connectivity index (χ4n) is 3.25. The van der Waals surface area contributed by atoms with Gasteiger partial charge in [0.1, 0.15) is 11.5 Å². The number of pyridine rings is 1. The highest BCUT2D eigenvalue weighted by molar-refractivity contribution is 5.88. The van der Waals surface area contributed by atoms with Crippen molar-refractivity contribution in [2.45, 2.75) is 0 Å². The van der Waals surface area contributed by atoms with Gasteiger partial charge < -0.3 is 18.3 Å². The zero-order chi connectivity index (χ0) is 23.3. The summed E-state index contributed by atoms with van der Waals surface area (Å²) in [6.45, 7) is 0. The standard InChI is InChI=1S/C27H17NO6/c29-26(24-6-2-16-31-24)33-20-12-8-18(9-13-20)22-4-1-5-23(28-22)19-10-14-21(15-11-19)34-27(30)25-7-3-17-32-25/h1-17H. The van der Waals surface area contributed by atoms with Gasteiger partial charge in [0, 0.05) is 11.1 Å². The number of aromatic nitrogens is 1. The van der Waals surface area contributed by atoms with E-state index in [0.29, 0.717) is 11.5 Å². The number of carbonyl (C=O) groups is 2. The zero-order valence-electron chi connectivity index (χ0n) is 17.7. The van der Waals surface area contributed by atoms with Gasteiger partial charge in [-0.15, -0.1) is 0 Å². The largest absolute Gasteiger partial charge is 0.457 e. The van der Waals surface area contributed by atoms with Gasteiger partial charge in [0.15, 0.2) is 0 Å². The monoisotopic (exact) mass is 451 g/mol. The van der Waals surface area contributed by atoms with Crippen LogP contribution in [0.3, 0.4) is 0 Å². The Morgan fingerprint density at radius 3 is 1.38 bits per heavy atom. The van der Waals surface area contributed by atoms with Crippen molar-refractivity contribution in [2.24, 2.45) is 0 Å². The third kappa shape index (κ3) is 4.63. The van der Waals surface area contributed by atoms with Gasteiger partial charge in [0.2, 0.25) is 11.5 Å². The molecule has 0 aliphatic carbocycles. The summed E-state index contributed by atoms with van der Waals surface area (Å²) in [6, 6.07) is 26.2. The summed E-state index contributed by atoms with van der Waals surface area (Å²) in [6.07, 6.45) is 2.83. The van der Waals surface area contributed by atoms with Gasteiger partial charge in [-0.1, -0.05) is 6.07 Å². The quantitative estimate of drug-likeness (QED) is 0.230. The highest BCUT2D eigenvalue weighted by Gasteiger charge is 2.13. The van der Waals surface area contributed by atoms with Crippen LogP contribution in [-0.4, -0.2) is 16.9 Å². The van der Waals surface area contributed by atoms with E-state index in [-0.39, 0.29) is 11.5 Å². The number of carbonyl (C=O) groups excluding carboxylic acids is 2. The molecule has 34 heavy (non-hydrogen) atoms. The van der Waals surface area contributed by atoms with Gasteiger partial charge in [-0.05, 0) is 84.9 Å². The van der Waals surface area contributed by atoms with Gasteiger partial charge in [-0.25, -0.2) is 14.6 Å². The van der Waals surface area contributed by atoms with Gasteiger partial charge in [0.25, 0.3) is 0 Å². The van der Waals surface area contributed by atoms with E-state index in [1.165, 1.54) is 12.5 Å². The van der Waals surface area contributed by atoms with Crippen LogP contribution in [0.25, 0.3) is 22.5 Å². The van der Waals surface area contributed by atoms with E-state index in [0.717, 1.165) is 22.5 Å². The van der Waals surface area contributed by atoms with E-state index in [2.05, 4.69) is 0 Å². The summed E-state index contributed by atoms with van der Waals surface area (Å²) in [5.74, 6) is -0.0327. The Bertz CT molecular complexity index is 1300. The smallest absolute Gasteiger partial charge is 0.379 e. The molecule has 0 aliphatic rings. The molecule has 7 nitrogen and oxygen atoms in total. The number of benzene rings is 2. The van der Waals surface area contributed by atoms with Gasteiger partial charge in [-0.3, -0.25) is 0 Å². The van der Waals surface area contributed by atoms with Crippen LogP contribution >= 0.6 is 0 Å². The van der Waals surface area contributed by atoms with E-state index < -0.39 is 11.9 Å². The minimum absolute atomic E-state index is 0.139. The van der Waals surface area contributed by atoms with Gasteiger partial charge in [0.05, 0.1) is 23.9 Å². The van der Waals surface area contributed by atoms with Crippen LogP contribution in [0.4, 0.5) is 0 Å². The molecule has 0 unspecified atom stereocenters. The predicted molar refractivity (Wildman–Crippen MR) is 122 cm³/mol. The van der Waals surface area contributed by atoms with E-state index in [4.69, 9.17) is 23.3 Å². The topological polar surface area (TPSA) is 91.8 Å². The summed E-state index contributed by atoms with van der Waals surface area (Å²) >= 11 is 0. The molecular formula is C27H17NO6. The Hall–Kier alpha value is -4.91. The maximum Gasteiger partial charge on any atom is 0.379 e. The molecule has 0 radical (unpaired) electrons. The molecule has 0 fully saturated rings. The molecule has 3 heterocycles. The van der Waals surface area contributed by atoms with Crippen LogP contribution in [0.2, 0.25) is 0 Å². The van der Waals surface area contributed by atoms with Crippen molar-refractivity contribution in [1.82, 2.24) is 4.98 Å². The maximum absolute atomic E-state index is 12.0. The van der Waals surface area contributed by atoms with Crippen molar-refractivity contribution >= 4 is 11.9 Å². The molecule has 0 amide bonds. The lowest BCUT2D eigenvalue weighted by Crippen LogP contribution is -2.07. The minimum atomic E-state index is -0.559. The lowest BCUT2D eigenvalue weighted by atomic mass is 10.1. The van der Waals surface area contributed by atoms with Crippen LogP contribution in [0.1, 0.15) is 21.1 Å². The summed E-state index contributed by atoms with van der Waals surface area (Å²) in [7, 11) is 0. The van der Waals surface area contributed by atoms with Crippen LogP contribution in [0.5, 0.6) is 11.5 Å². The van der Waals surface area contributed by atoms with E-state index in [1.54, 1.807) is 48.5 Å². The van der Waals surface area contributed by atoms with Crippen LogP contribution in [0, 0.1) is 0 Å². The molecule has 0 aliphatic heterocycles. The Kier molecular flexibility index (Phi) is 5.73. The highest BCUT2D eigenvalue weighted by atomic mass is 16.6. The normalized spacial score (nSPS) is 10.6. The molecule has 0 atom stereocenters. The molecule has 5 rings (SSSR count). The second-order valence-electron chi connectivity index (χ2n) is 7.19. The molecule has 0 spiro atoms. The molecule has 2 aromatic carbocycles. The number of ether oxygens (including phenoxy) is 2. The van der Waals surface area contributed by atoms with Crippen LogP contribution in [-0.2, 0) is 0 Å². The first-order valence-electron chi connectivity index (χ1n) is 10.3. The van der Waals surface area contributed by atoms with Crippen molar-refractivity contribution in [1.29, 1.82) is 0 Å². The van der Waals surface area contributed by atoms with Crippen molar-refractivity contribution in [3.63, 3.8) is 0 Å². The molecule has 0 saturated carbocycles. The number of nitrogens with zero attached hydrogens (tertiary/aromatic N) is 1. The minimum Gasteiger partial charge on any atom is -0.457 e. The SMILES string of the molecule is O=C(Oc1ccc(-c2cccc(-c3ccc(OC(=O)c4ccco4)cc3)n2)cc1)c1ccco1. The number of hydrogen-bond donors (Lipinski definition) is 0. The molecule has 0 N–H and O–H groups in total. The average molecular weight is 451 g/mol. The third-order valence-corrected chi connectivity index (χ3v) is 4.92. The number of furan rings is 2. The van der Waals surface area contributed by atoms with Crippen molar-refractivity contribution < 1.29 is 27.9 Å². The average Bonchev–Trinajstić information content (AvgIpc) is 3.60. The lowest BCUT2D eigenvalue weighted by Gasteiger charge is -2.08.